The molecule has 31 heteroatoms. The zero-order valence-electron chi connectivity index (χ0n) is 31.7. The van der Waals surface area contributed by atoms with Crippen LogP contribution in [0.15, 0.2) is 131 Å². The van der Waals surface area contributed by atoms with E-state index in [0.29, 0.717) is 6.07 Å². The number of nitrogens with zero attached hydrogens (tertiary/aromatic N) is 4. The standard InChI is InChI=1S/C33H30N6O19S6/c34-27-11-3-21-17-29(38-36-23-4-1-20(2-5-23)33(40)35-22-6-8-24(9-7-22)59(41,42)15-13-57-63(51,52)53)31(62(48,49)50)19-26(21)32(27)39-37-28-12-10-25(18-30(28)61(45,46)47)60(43,44)16-14-58-64(54,55)56/h1-12,17-19H,13-16,34H2,(H,35,40)(H,45,46,47)(H,48,49,50)(H,51,52,53)(H,54,55,56)/b38-36+,39-37+. The van der Waals surface area contributed by atoms with Crippen LogP contribution in [0.4, 0.5) is 34.1 Å². The van der Waals surface area contributed by atoms with Gasteiger partial charge < -0.3 is 11.1 Å². The molecule has 7 N–H and O–H groups in total. The van der Waals surface area contributed by atoms with Crippen LogP contribution in [0.2, 0.25) is 0 Å². The lowest BCUT2D eigenvalue weighted by molar-refractivity contribution is 0.102. The Labute approximate surface area is 363 Å². The Morgan fingerprint density at radius 1 is 0.562 bits per heavy atom. The van der Waals surface area contributed by atoms with E-state index in [1.165, 1.54) is 54.6 Å². The summed E-state index contributed by atoms with van der Waals surface area (Å²) in [5.74, 6) is -2.45. The van der Waals surface area contributed by atoms with E-state index in [2.05, 4.69) is 34.1 Å². The molecule has 0 bridgehead atoms. The summed E-state index contributed by atoms with van der Waals surface area (Å²) in [6.45, 7) is -1.87. The van der Waals surface area contributed by atoms with Crippen molar-refractivity contribution >= 4 is 112 Å². The fourth-order valence-electron chi connectivity index (χ4n) is 5.29. The zero-order chi connectivity index (χ0) is 47.5. The van der Waals surface area contributed by atoms with E-state index in [0.717, 1.165) is 30.3 Å². The van der Waals surface area contributed by atoms with Crippen LogP contribution in [0, 0.1) is 0 Å². The van der Waals surface area contributed by atoms with Crippen molar-refractivity contribution in [3.63, 3.8) is 0 Å². The second kappa shape index (κ2) is 18.8. The minimum absolute atomic E-state index is 0.0846. The highest BCUT2D eigenvalue weighted by atomic mass is 32.3. The topological polar surface area (TPSA) is 409 Å². The van der Waals surface area contributed by atoms with Gasteiger partial charge >= 0.3 is 20.8 Å². The van der Waals surface area contributed by atoms with Crippen LogP contribution in [0.1, 0.15) is 10.4 Å². The van der Waals surface area contributed by atoms with Crippen molar-refractivity contribution in [3.8, 4) is 0 Å². The number of benzene rings is 5. The van der Waals surface area contributed by atoms with Crippen molar-refractivity contribution < 1.29 is 81.9 Å². The van der Waals surface area contributed by atoms with E-state index in [1.54, 1.807) is 0 Å². The molecule has 0 aliphatic carbocycles. The number of sulfone groups is 2. The normalized spacial score (nSPS) is 13.2. The third-order valence-corrected chi connectivity index (χ3v) is 14.3. The summed E-state index contributed by atoms with van der Waals surface area (Å²) in [6.07, 6.45) is 0. The van der Waals surface area contributed by atoms with Gasteiger partial charge in [-0.3, -0.25) is 23.0 Å². The molecule has 0 radical (unpaired) electrons. The van der Waals surface area contributed by atoms with E-state index in [9.17, 15) is 64.4 Å². The van der Waals surface area contributed by atoms with Gasteiger partial charge in [-0.15, -0.1) is 15.3 Å². The second-order valence-corrected chi connectivity index (χ2v) is 21.9. The molecule has 0 aliphatic rings. The number of hydrogen-bond acceptors (Lipinski definition) is 20. The molecule has 0 saturated carbocycles. The Kier molecular flexibility index (Phi) is 14.5. The molecule has 0 unspecified atom stereocenters. The fourth-order valence-corrected chi connectivity index (χ4v) is 9.65. The van der Waals surface area contributed by atoms with Gasteiger partial charge in [0, 0.05) is 16.6 Å². The number of carbonyl (C=O) groups excluding carboxylic acids is 1. The molecular weight excluding hydrogens is 977 g/mol. The Bertz CT molecular complexity index is 3400. The van der Waals surface area contributed by atoms with Crippen LogP contribution in [-0.2, 0) is 69.1 Å². The molecule has 0 atom stereocenters. The van der Waals surface area contributed by atoms with Gasteiger partial charge in [0.25, 0.3) is 26.1 Å². The summed E-state index contributed by atoms with van der Waals surface area (Å²) in [5.41, 5.74) is 4.98. The summed E-state index contributed by atoms with van der Waals surface area (Å²) < 4.78 is 188. The zero-order valence-corrected chi connectivity index (χ0v) is 36.6. The third kappa shape index (κ3) is 13.2. The third-order valence-electron chi connectivity index (χ3n) is 8.25. The minimum atomic E-state index is -5.22. The number of nitrogens with one attached hydrogen (secondary N) is 1. The van der Waals surface area contributed by atoms with E-state index in [1.807, 2.05) is 0 Å². The first-order valence-electron chi connectivity index (χ1n) is 17.0. The van der Waals surface area contributed by atoms with E-state index in [-0.39, 0.29) is 44.0 Å². The van der Waals surface area contributed by atoms with Gasteiger partial charge in [-0.2, -0.15) is 38.8 Å². The molecule has 0 heterocycles. The highest BCUT2D eigenvalue weighted by Gasteiger charge is 2.24. The molecule has 1 amide bonds. The first-order chi connectivity index (χ1) is 29.5. The SMILES string of the molecule is Nc1ccc2cc(/N=N/c3ccc(C(=O)Nc4ccc(S(=O)(=O)CCOS(=O)(=O)O)cc4)cc3)c(S(=O)(=O)O)cc2c1/N=N/c1ccc(S(=O)(=O)CCOS(=O)(=O)O)cc1S(=O)(=O)O. The molecule has 5 rings (SSSR count). The molecule has 0 aromatic heterocycles. The quantitative estimate of drug-likeness (QED) is 0.0407. The molecule has 0 fully saturated rings. The summed E-state index contributed by atoms with van der Waals surface area (Å²) in [4.78, 5) is 10.0. The van der Waals surface area contributed by atoms with Crippen molar-refractivity contribution in [1.82, 2.24) is 0 Å². The second-order valence-electron chi connectivity index (χ2n) is 12.7. The first-order valence-corrected chi connectivity index (χ1v) is 25.9. The van der Waals surface area contributed by atoms with Crippen molar-refractivity contribution in [2.24, 2.45) is 20.5 Å². The van der Waals surface area contributed by atoms with E-state index < -0.39 is 117 Å². The summed E-state index contributed by atoms with van der Waals surface area (Å²) in [7, 11) is -28.6. The Balaban J connectivity index is 1.37. The number of azo groups is 2. The van der Waals surface area contributed by atoms with Crippen molar-refractivity contribution in [2.75, 3.05) is 35.8 Å². The average molecular weight is 1010 g/mol. The van der Waals surface area contributed by atoms with Crippen LogP contribution < -0.4 is 11.1 Å². The summed E-state index contributed by atoms with van der Waals surface area (Å²) >= 11 is 0. The van der Waals surface area contributed by atoms with Crippen LogP contribution in [0.5, 0.6) is 0 Å². The lowest BCUT2D eigenvalue weighted by atomic mass is 10.1. The molecule has 342 valence electrons. The van der Waals surface area contributed by atoms with Crippen LogP contribution in [-0.4, -0.2) is 99.3 Å². The number of rotatable bonds is 18. The van der Waals surface area contributed by atoms with Crippen molar-refractivity contribution in [2.45, 2.75) is 19.6 Å². The fraction of sp³-hybridized carbons (Fsp3) is 0.121. The highest BCUT2D eigenvalue weighted by molar-refractivity contribution is 7.92. The van der Waals surface area contributed by atoms with E-state index in [4.69, 9.17) is 14.8 Å². The largest absolute Gasteiger partial charge is 0.397 e. The van der Waals surface area contributed by atoms with Crippen LogP contribution >= 0.6 is 0 Å². The maximum absolute atomic E-state index is 12.9. The smallest absolute Gasteiger partial charge is 0.397 e. The van der Waals surface area contributed by atoms with Gasteiger partial charge in [0.2, 0.25) is 0 Å². The molecule has 25 nitrogen and oxygen atoms in total. The number of amides is 1. The summed E-state index contributed by atoms with van der Waals surface area (Å²) in [6, 6.07) is 17.1. The Morgan fingerprint density at radius 3 is 1.62 bits per heavy atom. The molecule has 0 spiro atoms. The maximum atomic E-state index is 12.9. The van der Waals surface area contributed by atoms with Crippen LogP contribution in [0.25, 0.3) is 10.8 Å². The summed E-state index contributed by atoms with van der Waals surface area (Å²) in [5, 5.41) is 18.3. The lowest BCUT2D eigenvalue weighted by Crippen LogP contribution is -2.16. The van der Waals surface area contributed by atoms with Gasteiger partial charge in [0.05, 0.1) is 45.9 Å². The number of nitrogens with two attached hydrogens (primary N) is 1. The van der Waals surface area contributed by atoms with Gasteiger partial charge in [0.1, 0.15) is 26.9 Å². The molecule has 0 aliphatic heterocycles. The average Bonchev–Trinajstić information content (AvgIpc) is 3.18. The first kappa shape index (κ1) is 49.3. The number of anilines is 2. The van der Waals surface area contributed by atoms with Crippen molar-refractivity contribution in [1.29, 1.82) is 0 Å². The number of hydrogen-bond donors (Lipinski definition) is 6. The van der Waals surface area contributed by atoms with Gasteiger partial charge in [-0.1, -0.05) is 6.07 Å². The molecule has 5 aromatic carbocycles. The number of nitrogen functional groups attached to an aromatic ring is 1. The van der Waals surface area contributed by atoms with Crippen LogP contribution in [0.3, 0.4) is 0 Å². The highest BCUT2D eigenvalue weighted by Crippen LogP contribution is 2.40. The molecule has 0 saturated heterocycles. The predicted molar refractivity (Wildman–Crippen MR) is 223 cm³/mol. The number of carbonyl (C=O) groups is 1. The molecule has 5 aromatic rings. The van der Waals surface area contributed by atoms with Gasteiger partial charge in [0.15, 0.2) is 19.7 Å². The Hall–Kier alpha value is -5.71. The minimum Gasteiger partial charge on any atom is -0.397 e. The van der Waals surface area contributed by atoms with Gasteiger partial charge in [-0.25, -0.2) is 25.2 Å². The van der Waals surface area contributed by atoms with E-state index >= 15 is 0 Å². The maximum Gasteiger partial charge on any atom is 0.397 e. The monoisotopic (exact) mass is 1010 g/mol. The van der Waals surface area contributed by atoms with Crippen molar-refractivity contribution in [3.05, 3.63) is 96.6 Å². The van der Waals surface area contributed by atoms with Gasteiger partial charge in [-0.05, 0) is 90.3 Å². The Morgan fingerprint density at radius 2 is 1.08 bits per heavy atom. The molecule has 64 heavy (non-hydrogen) atoms. The number of fused-ring (bicyclic) bond motifs is 1. The molecular formula is C33H30N6O19S6. The predicted octanol–water partition coefficient (Wildman–Crippen LogP) is 4.18. The lowest BCUT2D eigenvalue weighted by Gasteiger charge is -2.10.